The summed E-state index contributed by atoms with van der Waals surface area (Å²) in [4.78, 5) is 1.04. The van der Waals surface area contributed by atoms with Crippen LogP contribution in [-0.4, -0.2) is 15.5 Å². The standard InChI is InChI=1S/C23H19NO4S2/c1-16-12-14-18(15-13-16)30(25,26)24-22-20-11-7-6-10-19(20)21(27-2)23(28-22)29-17-8-4-3-5-9-17/h3-15H,1-2H3/b24-22+. The molecule has 0 amide bonds. The predicted molar refractivity (Wildman–Crippen MR) is 117 cm³/mol. The first-order valence-electron chi connectivity index (χ1n) is 9.18. The van der Waals surface area contributed by atoms with Gasteiger partial charge in [-0.05, 0) is 49.0 Å². The Morgan fingerprint density at radius 2 is 1.50 bits per heavy atom. The van der Waals surface area contributed by atoms with Crippen LogP contribution in [0.3, 0.4) is 0 Å². The van der Waals surface area contributed by atoms with E-state index in [9.17, 15) is 8.42 Å². The normalized spacial score (nSPS) is 12.3. The summed E-state index contributed by atoms with van der Waals surface area (Å²) in [6.45, 7) is 1.90. The molecule has 5 nitrogen and oxygen atoms in total. The first kappa shape index (κ1) is 20.3. The molecule has 0 radical (unpaired) electrons. The summed E-state index contributed by atoms with van der Waals surface area (Å²) in [5, 5.41) is 1.71. The molecular weight excluding hydrogens is 418 g/mol. The lowest BCUT2D eigenvalue weighted by Gasteiger charge is -2.11. The highest BCUT2D eigenvalue weighted by Crippen LogP contribution is 2.38. The van der Waals surface area contributed by atoms with Gasteiger partial charge in [-0.1, -0.05) is 54.1 Å². The van der Waals surface area contributed by atoms with Crippen molar-refractivity contribution in [1.29, 1.82) is 0 Å². The van der Waals surface area contributed by atoms with Crippen LogP contribution in [0.2, 0.25) is 0 Å². The lowest BCUT2D eigenvalue weighted by atomic mass is 10.2. The number of nitrogens with zero attached hydrogens (tertiary/aromatic N) is 1. The molecular formula is C23H19NO4S2. The molecule has 0 spiro atoms. The monoisotopic (exact) mass is 437 g/mol. The summed E-state index contributed by atoms with van der Waals surface area (Å²) < 4.78 is 41.5. The molecule has 152 valence electrons. The van der Waals surface area contributed by atoms with E-state index in [1.54, 1.807) is 43.5 Å². The molecule has 0 N–H and O–H groups in total. The number of fused-ring (bicyclic) bond motifs is 1. The van der Waals surface area contributed by atoms with Crippen molar-refractivity contribution in [2.75, 3.05) is 7.11 Å². The van der Waals surface area contributed by atoms with Gasteiger partial charge in [-0.25, -0.2) is 0 Å². The van der Waals surface area contributed by atoms with Gasteiger partial charge < -0.3 is 9.15 Å². The number of methoxy groups -OCH3 is 1. The first-order valence-corrected chi connectivity index (χ1v) is 11.4. The quantitative estimate of drug-likeness (QED) is 0.430. The highest BCUT2D eigenvalue weighted by molar-refractivity contribution is 7.99. The van der Waals surface area contributed by atoms with E-state index in [2.05, 4.69) is 4.40 Å². The fourth-order valence-corrected chi connectivity index (χ4v) is 4.82. The zero-order valence-corrected chi connectivity index (χ0v) is 18.0. The zero-order chi connectivity index (χ0) is 21.1. The van der Waals surface area contributed by atoms with E-state index in [-0.39, 0.29) is 10.4 Å². The largest absolute Gasteiger partial charge is 0.492 e. The van der Waals surface area contributed by atoms with Crippen LogP contribution in [-0.2, 0) is 10.0 Å². The fraction of sp³-hybridized carbons (Fsp3) is 0.0870. The Labute approximate surface area is 179 Å². The minimum absolute atomic E-state index is 0.0189. The summed E-state index contributed by atoms with van der Waals surface area (Å²) in [5.41, 5.74) is 0.987. The van der Waals surface area contributed by atoms with Crippen molar-refractivity contribution >= 4 is 32.6 Å². The first-order chi connectivity index (χ1) is 14.5. The van der Waals surface area contributed by atoms with Gasteiger partial charge in [0, 0.05) is 15.7 Å². The van der Waals surface area contributed by atoms with E-state index < -0.39 is 10.0 Å². The summed E-state index contributed by atoms with van der Waals surface area (Å²) in [7, 11) is -2.39. The molecule has 1 heterocycles. The van der Waals surface area contributed by atoms with Crippen molar-refractivity contribution < 1.29 is 17.6 Å². The maximum atomic E-state index is 12.9. The molecule has 0 saturated carbocycles. The highest BCUT2D eigenvalue weighted by atomic mass is 32.2. The van der Waals surface area contributed by atoms with Gasteiger partial charge in [0.2, 0.25) is 10.6 Å². The molecule has 7 heteroatoms. The second-order valence-corrected chi connectivity index (χ2v) is 9.22. The van der Waals surface area contributed by atoms with Crippen LogP contribution in [0.5, 0.6) is 5.75 Å². The number of aryl methyl sites for hydroxylation is 1. The molecule has 30 heavy (non-hydrogen) atoms. The van der Waals surface area contributed by atoms with Crippen LogP contribution in [0.1, 0.15) is 5.56 Å². The van der Waals surface area contributed by atoms with E-state index in [0.29, 0.717) is 16.2 Å². The SMILES string of the molecule is COc1c(Sc2ccccc2)o/c(=N/S(=O)(=O)c2ccc(C)cc2)c2ccccc12. The molecule has 4 rings (SSSR count). The van der Waals surface area contributed by atoms with E-state index in [4.69, 9.17) is 9.15 Å². The second kappa shape index (κ2) is 8.38. The summed E-state index contributed by atoms with van der Waals surface area (Å²) in [6.07, 6.45) is 0. The third-order valence-electron chi connectivity index (χ3n) is 4.46. The predicted octanol–water partition coefficient (Wildman–Crippen LogP) is 5.19. The second-order valence-electron chi connectivity index (χ2n) is 6.57. The van der Waals surface area contributed by atoms with Crippen molar-refractivity contribution in [3.05, 3.63) is 90.0 Å². The van der Waals surface area contributed by atoms with Crippen molar-refractivity contribution in [3.8, 4) is 5.75 Å². The molecule has 0 aliphatic rings. The maximum Gasteiger partial charge on any atom is 0.285 e. The van der Waals surface area contributed by atoms with Crippen LogP contribution in [0.4, 0.5) is 0 Å². The molecule has 0 atom stereocenters. The average molecular weight is 438 g/mol. The molecule has 3 aromatic carbocycles. The Bertz CT molecular complexity index is 1360. The number of ether oxygens (including phenoxy) is 1. The van der Waals surface area contributed by atoms with Crippen LogP contribution in [0.25, 0.3) is 10.8 Å². The lowest BCUT2D eigenvalue weighted by molar-refractivity contribution is 0.341. The number of hydrogen-bond donors (Lipinski definition) is 0. The number of hydrogen-bond acceptors (Lipinski definition) is 5. The van der Waals surface area contributed by atoms with Crippen molar-refractivity contribution in [3.63, 3.8) is 0 Å². The van der Waals surface area contributed by atoms with Gasteiger partial charge in [0.25, 0.3) is 10.0 Å². The molecule has 0 bridgehead atoms. The maximum absolute atomic E-state index is 12.9. The molecule has 4 aromatic rings. The van der Waals surface area contributed by atoms with Gasteiger partial charge in [0.1, 0.15) is 0 Å². The molecule has 0 aliphatic carbocycles. The van der Waals surface area contributed by atoms with Crippen LogP contribution in [0, 0.1) is 6.92 Å². The fourth-order valence-electron chi connectivity index (χ4n) is 2.96. The van der Waals surface area contributed by atoms with E-state index in [0.717, 1.165) is 15.8 Å². The Balaban J connectivity index is 1.95. The Morgan fingerprint density at radius 1 is 0.867 bits per heavy atom. The number of rotatable bonds is 5. The minimum atomic E-state index is -3.95. The van der Waals surface area contributed by atoms with E-state index >= 15 is 0 Å². The third-order valence-corrected chi connectivity index (χ3v) is 6.69. The summed E-state index contributed by atoms with van der Waals surface area (Å²) in [6, 6.07) is 23.5. The van der Waals surface area contributed by atoms with Gasteiger partial charge in [-0.2, -0.15) is 8.42 Å². The highest BCUT2D eigenvalue weighted by Gasteiger charge is 2.18. The van der Waals surface area contributed by atoms with E-state index in [1.165, 1.54) is 11.8 Å². The van der Waals surface area contributed by atoms with Crippen LogP contribution < -0.4 is 10.3 Å². The third kappa shape index (κ3) is 4.13. The Hall–Kier alpha value is -3.03. The van der Waals surface area contributed by atoms with Crippen molar-refractivity contribution in [2.45, 2.75) is 21.8 Å². The molecule has 1 aromatic heterocycles. The number of sulfonamides is 1. The molecule has 0 saturated heterocycles. The zero-order valence-electron chi connectivity index (χ0n) is 16.4. The Morgan fingerprint density at radius 3 is 2.17 bits per heavy atom. The summed E-state index contributed by atoms with van der Waals surface area (Å²) >= 11 is 1.35. The lowest BCUT2D eigenvalue weighted by Crippen LogP contribution is -2.10. The van der Waals surface area contributed by atoms with Crippen LogP contribution >= 0.6 is 11.8 Å². The van der Waals surface area contributed by atoms with Crippen molar-refractivity contribution in [1.82, 2.24) is 0 Å². The topological polar surface area (TPSA) is 68.9 Å². The number of benzene rings is 3. The van der Waals surface area contributed by atoms with Gasteiger partial charge >= 0.3 is 0 Å². The smallest absolute Gasteiger partial charge is 0.285 e. The van der Waals surface area contributed by atoms with Gasteiger partial charge in [0.15, 0.2) is 5.75 Å². The van der Waals surface area contributed by atoms with Crippen molar-refractivity contribution in [2.24, 2.45) is 4.40 Å². The molecule has 0 aliphatic heterocycles. The van der Waals surface area contributed by atoms with Gasteiger partial charge in [-0.3, -0.25) is 0 Å². The van der Waals surface area contributed by atoms with Gasteiger partial charge in [-0.15, -0.1) is 4.40 Å². The molecule has 0 fully saturated rings. The average Bonchev–Trinajstić information content (AvgIpc) is 2.75. The Kier molecular flexibility index (Phi) is 5.65. The summed E-state index contributed by atoms with van der Waals surface area (Å²) in [5.74, 6) is 0.533. The minimum Gasteiger partial charge on any atom is -0.492 e. The van der Waals surface area contributed by atoms with Gasteiger partial charge in [0.05, 0.1) is 12.0 Å². The van der Waals surface area contributed by atoms with E-state index in [1.807, 2.05) is 49.4 Å². The van der Waals surface area contributed by atoms with Crippen LogP contribution in [0.15, 0.2) is 103 Å². The molecule has 0 unspecified atom stereocenters.